The highest BCUT2D eigenvalue weighted by atomic mass is 35.5. The molecule has 216 valence electrons. The van der Waals surface area contributed by atoms with Gasteiger partial charge in [-0.05, 0) is 51.8 Å². The fourth-order valence-electron chi connectivity index (χ4n) is 4.47. The summed E-state index contributed by atoms with van der Waals surface area (Å²) in [5.41, 5.74) is 1.04. The normalized spacial score (nSPS) is 14.8. The van der Waals surface area contributed by atoms with E-state index in [1.165, 1.54) is 25.4 Å². The first-order chi connectivity index (χ1) is 19.0. The highest BCUT2D eigenvalue weighted by molar-refractivity contribution is 7.93. The van der Waals surface area contributed by atoms with Crippen LogP contribution in [0.4, 0.5) is 20.8 Å². The molecule has 1 aromatic carbocycles. The van der Waals surface area contributed by atoms with E-state index in [0.717, 1.165) is 12.8 Å². The Morgan fingerprint density at radius 1 is 1.23 bits per heavy atom. The standard InChI is InChI=1S/C26H33ClFN7O4S/c1-15(2)35-14-20(19-11-17(27)12-22(23(19)28)34-40(37,38)18-7-5-6-8-18)24(33-35)21-9-10-29-25(32-21)30-13-16(3)31-26(36)39-4/h9-12,14-16,18,34H,5-8,13H2,1-4H3,(H,31,36)(H,29,30,32)/t16-/m0/s1. The number of nitrogens with zero attached hydrogens (tertiary/aromatic N) is 4. The molecule has 3 N–H and O–H groups in total. The van der Waals surface area contributed by atoms with E-state index in [0.29, 0.717) is 36.3 Å². The molecule has 0 unspecified atom stereocenters. The summed E-state index contributed by atoms with van der Waals surface area (Å²) in [6.45, 7) is 5.97. The van der Waals surface area contributed by atoms with Gasteiger partial charge in [0.15, 0.2) is 5.82 Å². The number of nitrogens with one attached hydrogen (secondary N) is 3. The Morgan fingerprint density at radius 2 is 1.95 bits per heavy atom. The summed E-state index contributed by atoms with van der Waals surface area (Å²) in [7, 11) is -2.50. The van der Waals surface area contributed by atoms with E-state index in [1.54, 1.807) is 23.9 Å². The van der Waals surface area contributed by atoms with E-state index in [-0.39, 0.29) is 34.3 Å². The molecule has 0 aliphatic heterocycles. The van der Waals surface area contributed by atoms with Gasteiger partial charge in [0.1, 0.15) is 5.69 Å². The summed E-state index contributed by atoms with van der Waals surface area (Å²) in [5, 5.41) is 9.96. The number of carbonyl (C=O) groups is 1. The summed E-state index contributed by atoms with van der Waals surface area (Å²) in [6.07, 6.45) is 5.39. The van der Waals surface area contributed by atoms with Crippen LogP contribution in [0.2, 0.25) is 5.02 Å². The smallest absolute Gasteiger partial charge is 0.407 e. The van der Waals surface area contributed by atoms with Gasteiger partial charge in [-0.1, -0.05) is 24.4 Å². The average Bonchev–Trinajstić information content (AvgIpc) is 3.61. The SMILES string of the molecule is COC(=O)N[C@@H](C)CNc1nccc(-c2nn(C(C)C)cc2-c2cc(Cl)cc(NS(=O)(=O)C3CCCC3)c2F)n1. The van der Waals surface area contributed by atoms with Gasteiger partial charge in [-0.2, -0.15) is 5.10 Å². The van der Waals surface area contributed by atoms with Gasteiger partial charge in [0.05, 0.1) is 23.7 Å². The molecule has 11 nitrogen and oxygen atoms in total. The zero-order chi connectivity index (χ0) is 29.0. The molecule has 1 atom stereocenters. The first-order valence-electron chi connectivity index (χ1n) is 13.0. The molecule has 14 heteroatoms. The molecular formula is C26H33ClFN7O4S. The maximum Gasteiger partial charge on any atom is 0.407 e. The van der Waals surface area contributed by atoms with E-state index in [2.05, 4.69) is 35.2 Å². The fourth-order valence-corrected chi connectivity index (χ4v) is 6.26. The van der Waals surface area contributed by atoms with Crippen molar-refractivity contribution in [2.75, 3.05) is 23.7 Å². The van der Waals surface area contributed by atoms with Gasteiger partial charge in [0.25, 0.3) is 0 Å². The second-order valence-corrected chi connectivity index (χ2v) is 12.4. The summed E-state index contributed by atoms with van der Waals surface area (Å²) in [6, 6.07) is 4.03. The number of sulfonamides is 1. The van der Waals surface area contributed by atoms with Gasteiger partial charge in [-0.3, -0.25) is 9.40 Å². The zero-order valence-electron chi connectivity index (χ0n) is 22.7. The maximum absolute atomic E-state index is 16.0. The van der Waals surface area contributed by atoms with Crippen LogP contribution in [-0.2, 0) is 14.8 Å². The summed E-state index contributed by atoms with van der Waals surface area (Å²) in [5.74, 6) is -0.483. The van der Waals surface area contributed by atoms with Crippen LogP contribution in [0.25, 0.3) is 22.5 Å². The molecule has 1 saturated carbocycles. The number of aromatic nitrogens is 4. The molecule has 1 amide bonds. The highest BCUT2D eigenvalue weighted by Crippen LogP contribution is 2.38. The van der Waals surface area contributed by atoms with Crippen LogP contribution in [0.15, 0.2) is 30.6 Å². The van der Waals surface area contributed by atoms with Gasteiger partial charge in [-0.15, -0.1) is 0 Å². The first-order valence-corrected chi connectivity index (χ1v) is 14.9. The van der Waals surface area contributed by atoms with Gasteiger partial charge in [-0.25, -0.2) is 27.6 Å². The number of hydrogen-bond acceptors (Lipinski definition) is 8. The lowest BCUT2D eigenvalue weighted by Gasteiger charge is -2.16. The molecule has 1 aliphatic rings. The van der Waals surface area contributed by atoms with Crippen molar-refractivity contribution in [3.8, 4) is 22.5 Å². The van der Waals surface area contributed by atoms with E-state index in [9.17, 15) is 13.2 Å². The fraction of sp³-hybridized carbons (Fsp3) is 0.462. The minimum absolute atomic E-state index is 0.0558. The Hall–Kier alpha value is -3.45. The predicted octanol–water partition coefficient (Wildman–Crippen LogP) is 5.22. The Kier molecular flexibility index (Phi) is 9.14. The number of rotatable bonds is 10. The molecular weight excluding hydrogens is 561 g/mol. The maximum atomic E-state index is 16.0. The van der Waals surface area contributed by atoms with Crippen molar-refractivity contribution >= 4 is 39.4 Å². The van der Waals surface area contributed by atoms with Crippen LogP contribution in [0.5, 0.6) is 0 Å². The van der Waals surface area contributed by atoms with Crippen molar-refractivity contribution < 1.29 is 22.3 Å². The van der Waals surface area contributed by atoms with Crippen molar-refractivity contribution in [2.24, 2.45) is 0 Å². The van der Waals surface area contributed by atoms with E-state index < -0.39 is 27.2 Å². The van der Waals surface area contributed by atoms with Gasteiger partial charge < -0.3 is 15.4 Å². The molecule has 0 saturated heterocycles. The van der Waals surface area contributed by atoms with Crippen LogP contribution in [0, 0.1) is 5.82 Å². The number of hydrogen-bond donors (Lipinski definition) is 3. The van der Waals surface area contributed by atoms with Crippen molar-refractivity contribution in [1.82, 2.24) is 25.1 Å². The van der Waals surface area contributed by atoms with Crippen LogP contribution in [0.1, 0.15) is 52.5 Å². The Balaban J connectivity index is 1.69. The van der Waals surface area contributed by atoms with Crippen molar-refractivity contribution in [3.63, 3.8) is 0 Å². The average molecular weight is 594 g/mol. The van der Waals surface area contributed by atoms with Crippen LogP contribution >= 0.6 is 11.6 Å². The van der Waals surface area contributed by atoms with Gasteiger partial charge in [0.2, 0.25) is 16.0 Å². The lowest BCUT2D eigenvalue weighted by molar-refractivity contribution is 0.168. The van der Waals surface area contributed by atoms with Crippen LogP contribution in [-0.4, -0.2) is 59.2 Å². The van der Waals surface area contributed by atoms with Crippen molar-refractivity contribution in [3.05, 3.63) is 41.4 Å². The topological polar surface area (TPSA) is 140 Å². The van der Waals surface area contributed by atoms with E-state index >= 15 is 4.39 Å². The zero-order valence-corrected chi connectivity index (χ0v) is 24.3. The lowest BCUT2D eigenvalue weighted by Crippen LogP contribution is -2.37. The van der Waals surface area contributed by atoms with Crippen LogP contribution < -0.4 is 15.4 Å². The Bertz CT molecular complexity index is 1480. The molecule has 0 spiro atoms. The third-order valence-corrected chi connectivity index (χ3v) is 8.67. The molecule has 2 aromatic heterocycles. The molecule has 1 aliphatic carbocycles. The quantitative estimate of drug-likeness (QED) is 0.291. The van der Waals surface area contributed by atoms with Gasteiger partial charge >= 0.3 is 6.09 Å². The number of methoxy groups -OCH3 is 1. The number of halogens is 2. The second-order valence-electron chi connectivity index (χ2n) is 10.0. The third-order valence-electron chi connectivity index (χ3n) is 6.60. The van der Waals surface area contributed by atoms with Crippen molar-refractivity contribution in [2.45, 2.75) is 63.8 Å². The molecule has 2 heterocycles. The molecule has 40 heavy (non-hydrogen) atoms. The highest BCUT2D eigenvalue weighted by Gasteiger charge is 2.30. The number of ether oxygens (including phenoxy) is 1. The number of benzene rings is 1. The number of anilines is 2. The summed E-state index contributed by atoms with van der Waals surface area (Å²) < 4.78 is 50.5. The summed E-state index contributed by atoms with van der Waals surface area (Å²) in [4.78, 5) is 20.2. The molecule has 0 radical (unpaired) electrons. The largest absolute Gasteiger partial charge is 0.453 e. The molecule has 3 aromatic rings. The molecule has 1 fully saturated rings. The van der Waals surface area contributed by atoms with Gasteiger partial charge in [0, 0.05) is 47.2 Å². The molecule has 4 rings (SSSR count). The Morgan fingerprint density at radius 3 is 2.62 bits per heavy atom. The second kappa shape index (κ2) is 12.4. The van der Waals surface area contributed by atoms with E-state index in [4.69, 9.17) is 11.6 Å². The monoisotopic (exact) mass is 593 g/mol. The van der Waals surface area contributed by atoms with E-state index in [1.807, 2.05) is 13.8 Å². The first kappa shape index (κ1) is 29.5. The third kappa shape index (κ3) is 6.81. The minimum atomic E-state index is -3.78. The minimum Gasteiger partial charge on any atom is -0.453 e. The Labute approximate surface area is 237 Å². The summed E-state index contributed by atoms with van der Waals surface area (Å²) >= 11 is 6.37. The lowest BCUT2D eigenvalue weighted by atomic mass is 10.0. The number of alkyl carbamates (subject to hydrolysis) is 1. The predicted molar refractivity (Wildman–Crippen MR) is 152 cm³/mol. The molecule has 0 bridgehead atoms. The number of carbonyl (C=O) groups excluding carboxylic acids is 1. The number of amides is 1. The van der Waals surface area contributed by atoms with Crippen LogP contribution in [0.3, 0.4) is 0 Å². The van der Waals surface area contributed by atoms with Crippen molar-refractivity contribution in [1.29, 1.82) is 0 Å².